The summed E-state index contributed by atoms with van der Waals surface area (Å²) in [6, 6.07) is 0. The molecule has 0 aliphatic carbocycles. The lowest BCUT2D eigenvalue weighted by Gasteiger charge is -2.09. The van der Waals surface area contributed by atoms with Gasteiger partial charge in [0, 0.05) is 20.5 Å². The number of amides is 1. The molecule has 4 nitrogen and oxygen atoms in total. The molecular weight excluding hydrogens is 134 g/mol. The number of rotatable bonds is 1. The third kappa shape index (κ3) is 10.0. The Bertz CT molecular complexity index is 103. The van der Waals surface area contributed by atoms with E-state index in [0.29, 0.717) is 0 Å². The lowest BCUT2D eigenvalue weighted by molar-refractivity contribution is -0.127. The number of carbonyl (C=O) groups excluding carboxylic acids is 1. The van der Waals surface area contributed by atoms with Gasteiger partial charge in [0.25, 0.3) is 6.47 Å². The van der Waals surface area contributed by atoms with Gasteiger partial charge in [0.15, 0.2) is 0 Å². The highest BCUT2D eigenvalue weighted by atomic mass is 16.3. The SMILES string of the molecule is CCN(C)C(C)=O.O=CO. The number of carboxylic acid groups (broad SMARTS) is 1. The first-order valence-electron chi connectivity index (χ1n) is 2.89. The molecule has 0 spiro atoms. The zero-order chi connectivity index (χ0) is 8.57. The van der Waals surface area contributed by atoms with Gasteiger partial charge in [-0.15, -0.1) is 0 Å². The van der Waals surface area contributed by atoms with Crippen molar-refractivity contribution in [1.29, 1.82) is 0 Å². The summed E-state index contributed by atoms with van der Waals surface area (Å²) in [5.74, 6) is 0.127. The summed E-state index contributed by atoms with van der Waals surface area (Å²) < 4.78 is 0. The summed E-state index contributed by atoms with van der Waals surface area (Å²) in [6.07, 6.45) is 0. The normalized spacial score (nSPS) is 7.10. The number of nitrogens with zero attached hydrogens (tertiary/aromatic N) is 1. The van der Waals surface area contributed by atoms with Crippen LogP contribution in [0.5, 0.6) is 0 Å². The van der Waals surface area contributed by atoms with Gasteiger partial charge in [-0.3, -0.25) is 9.59 Å². The van der Waals surface area contributed by atoms with Gasteiger partial charge >= 0.3 is 0 Å². The maximum absolute atomic E-state index is 10.3. The van der Waals surface area contributed by atoms with E-state index in [1.54, 1.807) is 18.9 Å². The molecule has 0 radical (unpaired) electrons. The average Bonchev–Trinajstić information content (AvgIpc) is 1.88. The van der Waals surface area contributed by atoms with Crippen molar-refractivity contribution in [2.24, 2.45) is 0 Å². The number of hydrogen-bond acceptors (Lipinski definition) is 2. The second-order valence-electron chi connectivity index (χ2n) is 1.64. The van der Waals surface area contributed by atoms with E-state index in [9.17, 15) is 4.79 Å². The number of hydrogen-bond donors (Lipinski definition) is 1. The van der Waals surface area contributed by atoms with Crippen LogP contribution in [0.2, 0.25) is 0 Å². The van der Waals surface area contributed by atoms with Crippen LogP contribution in [0.4, 0.5) is 0 Å². The molecule has 0 unspecified atom stereocenters. The van der Waals surface area contributed by atoms with Crippen LogP contribution in [0.25, 0.3) is 0 Å². The fourth-order valence-electron chi connectivity index (χ4n) is 0.223. The van der Waals surface area contributed by atoms with Crippen molar-refractivity contribution < 1.29 is 14.7 Å². The zero-order valence-electron chi connectivity index (χ0n) is 6.50. The molecule has 0 saturated carbocycles. The smallest absolute Gasteiger partial charge is 0.290 e. The van der Waals surface area contributed by atoms with Gasteiger partial charge in [0.2, 0.25) is 5.91 Å². The van der Waals surface area contributed by atoms with Gasteiger partial charge in [-0.25, -0.2) is 0 Å². The fraction of sp³-hybridized carbons (Fsp3) is 0.667. The van der Waals surface area contributed by atoms with Crippen molar-refractivity contribution in [3.05, 3.63) is 0 Å². The van der Waals surface area contributed by atoms with Crippen molar-refractivity contribution in [1.82, 2.24) is 4.90 Å². The van der Waals surface area contributed by atoms with Crippen molar-refractivity contribution in [2.45, 2.75) is 13.8 Å². The van der Waals surface area contributed by atoms with Crippen molar-refractivity contribution in [2.75, 3.05) is 13.6 Å². The van der Waals surface area contributed by atoms with E-state index in [0.717, 1.165) is 6.54 Å². The largest absolute Gasteiger partial charge is 0.483 e. The third-order valence-electron chi connectivity index (χ3n) is 1.01. The Kier molecular flexibility index (Phi) is 9.29. The van der Waals surface area contributed by atoms with Crippen LogP contribution in [0, 0.1) is 0 Å². The fourth-order valence-corrected chi connectivity index (χ4v) is 0.223. The standard InChI is InChI=1S/C5H11NO.CH2O2/c1-4-6(3)5(2)7;2-1-3/h4H2,1-3H3;1H,(H,2,3). The van der Waals surface area contributed by atoms with Gasteiger partial charge in [0.05, 0.1) is 0 Å². The Hall–Kier alpha value is -1.06. The summed E-state index contributed by atoms with van der Waals surface area (Å²) in [5, 5.41) is 6.89. The van der Waals surface area contributed by atoms with Gasteiger partial charge in [-0.1, -0.05) is 0 Å². The first kappa shape index (κ1) is 11.7. The van der Waals surface area contributed by atoms with Gasteiger partial charge in [0.1, 0.15) is 0 Å². The highest BCUT2D eigenvalue weighted by Gasteiger charge is 1.93. The molecule has 1 amide bonds. The molecule has 0 aliphatic heterocycles. The highest BCUT2D eigenvalue weighted by Crippen LogP contribution is 1.78. The molecule has 0 aliphatic rings. The molecular formula is C6H13NO3. The summed E-state index contributed by atoms with van der Waals surface area (Å²) in [4.78, 5) is 20.3. The van der Waals surface area contributed by atoms with Crippen LogP contribution in [-0.2, 0) is 9.59 Å². The minimum absolute atomic E-state index is 0.127. The molecule has 60 valence electrons. The molecule has 0 heterocycles. The van der Waals surface area contributed by atoms with E-state index >= 15 is 0 Å². The first-order chi connectivity index (χ1) is 4.59. The van der Waals surface area contributed by atoms with Crippen LogP contribution in [0.1, 0.15) is 13.8 Å². The molecule has 0 saturated heterocycles. The average molecular weight is 147 g/mol. The molecule has 0 aromatic carbocycles. The first-order valence-corrected chi connectivity index (χ1v) is 2.89. The number of carbonyl (C=O) groups is 2. The van der Waals surface area contributed by atoms with E-state index < -0.39 is 0 Å². The van der Waals surface area contributed by atoms with E-state index in [1.807, 2.05) is 6.92 Å². The van der Waals surface area contributed by atoms with Crippen LogP contribution < -0.4 is 0 Å². The monoisotopic (exact) mass is 147 g/mol. The van der Waals surface area contributed by atoms with Crippen LogP contribution in [-0.4, -0.2) is 36.0 Å². The Morgan fingerprint density at radius 1 is 1.70 bits per heavy atom. The van der Waals surface area contributed by atoms with E-state index in [1.165, 1.54) is 0 Å². The Balaban J connectivity index is 0. The molecule has 1 N–H and O–H groups in total. The molecule has 0 aromatic rings. The minimum atomic E-state index is -0.250. The van der Waals surface area contributed by atoms with Gasteiger partial charge in [-0.2, -0.15) is 0 Å². The lowest BCUT2D eigenvalue weighted by Crippen LogP contribution is -2.22. The van der Waals surface area contributed by atoms with Crippen LogP contribution >= 0.6 is 0 Å². The van der Waals surface area contributed by atoms with Crippen molar-refractivity contribution in [3.8, 4) is 0 Å². The van der Waals surface area contributed by atoms with E-state index in [-0.39, 0.29) is 12.4 Å². The highest BCUT2D eigenvalue weighted by molar-refractivity contribution is 5.72. The molecule has 0 fully saturated rings. The molecule has 4 heteroatoms. The third-order valence-corrected chi connectivity index (χ3v) is 1.01. The Morgan fingerprint density at radius 3 is 2.00 bits per heavy atom. The summed E-state index contributed by atoms with van der Waals surface area (Å²) in [7, 11) is 1.78. The summed E-state index contributed by atoms with van der Waals surface area (Å²) in [6.45, 7) is 4.06. The summed E-state index contributed by atoms with van der Waals surface area (Å²) >= 11 is 0. The van der Waals surface area contributed by atoms with E-state index in [2.05, 4.69) is 0 Å². The van der Waals surface area contributed by atoms with Gasteiger partial charge < -0.3 is 10.0 Å². The van der Waals surface area contributed by atoms with Gasteiger partial charge in [-0.05, 0) is 6.92 Å². The van der Waals surface area contributed by atoms with Crippen LogP contribution in [0.3, 0.4) is 0 Å². The molecule has 0 bridgehead atoms. The van der Waals surface area contributed by atoms with Crippen molar-refractivity contribution >= 4 is 12.4 Å². The maximum atomic E-state index is 10.3. The minimum Gasteiger partial charge on any atom is -0.483 e. The van der Waals surface area contributed by atoms with E-state index in [4.69, 9.17) is 9.90 Å². The van der Waals surface area contributed by atoms with Crippen LogP contribution in [0.15, 0.2) is 0 Å². The molecule has 0 atom stereocenters. The van der Waals surface area contributed by atoms with Crippen molar-refractivity contribution in [3.63, 3.8) is 0 Å². The topological polar surface area (TPSA) is 57.6 Å². The second-order valence-corrected chi connectivity index (χ2v) is 1.64. The molecule has 0 aromatic heterocycles. The maximum Gasteiger partial charge on any atom is 0.290 e. The predicted octanol–water partition coefficient (Wildman–Crippen LogP) is 0.185. The second kappa shape index (κ2) is 7.94. The Morgan fingerprint density at radius 2 is 2.00 bits per heavy atom. The molecule has 0 rings (SSSR count). The lowest BCUT2D eigenvalue weighted by atomic mass is 10.6. The molecule has 10 heavy (non-hydrogen) atoms. The zero-order valence-corrected chi connectivity index (χ0v) is 6.50. The summed E-state index contributed by atoms with van der Waals surface area (Å²) in [5.41, 5.74) is 0. The Labute approximate surface area is 60.4 Å². The quantitative estimate of drug-likeness (QED) is 0.538. The predicted molar refractivity (Wildman–Crippen MR) is 37.7 cm³/mol.